The predicted octanol–water partition coefficient (Wildman–Crippen LogP) is 5.76. The van der Waals surface area contributed by atoms with Gasteiger partial charge in [0.2, 0.25) is 0 Å². The van der Waals surface area contributed by atoms with E-state index in [0.717, 1.165) is 5.56 Å². The average molecular weight is 460 g/mol. The molecule has 1 fully saturated rings. The van der Waals surface area contributed by atoms with Crippen molar-refractivity contribution in [2.45, 2.75) is 32.2 Å². The quantitative estimate of drug-likeness (QED) is 0.306. The van der Waals surface area contributed by atoms with Crippen LogP contribution in [0.4, 0.5) is 10.1 Å². The number of rotatable bonds is 4. The fraction of sp³-hybridized carbons (Fsp3) is 0.214. The summed E-state index contributed by atoms with van der Waals surface area (Å²) in [6.07, 6.45) is 0. The van der Waals surface area contributed by atoms with Crippen molar-refractivity contribution in [3.05, 3.63) is 101 Å². The first-order valence-electron chi connectivity index (χ1n) is 10.9. The van der Waals surface area contributed by atoms with Crippen LogP contribution in [-0.4, -0.2) is 23.9 Å². The Balaban J connectivity index is 1.93. The normalized spacial score (nSPS) is 17.8. The summed E-state index contributed by atoms with van der Waals surface area (Å²) in [5.41, 5.74) is 2.34. The second-order valence-corrected chi connectivity index (χ2v) is 9.25. The molecule has 174 valence electrons. The molecule has 1 heterocycles. The van der Waals surface area contributed by atoms with Gasteiger partial charge in [0.25, 0.3) is 11.7 Å². The number of benzene rings is 3. The lowest BCUT2D eigenvalue weighted by Gasteiger charge is -2.27. The Morgan fingerprint density at radius 3 is 2.21 bits per heavy atom. The monoisotopic (exact) mass is 459 g/mol. The summed E-state index contributed by atoms with van der Waals surface area (Å²) in [4.78, 5) is 27.8. The molecule has 1 atom stereocenters. The number of amides is 1. The highest BCUT2D eigenvalue weighted by molar-refractivity contribution is 6.51. The SMILES string of the molecule is COc1cccc(N2C(=O)C(=O)/C(=C(/O)c3ccc(F)cc3)C2c2ccc(C(C)(C)C)cc2)c1. The average Bonchev–Trinajstić information content (AvgIpc) is 3.09. The van der Waals surface area contributed by atoms with E-state index in [1.165, 1.54) is 36.3 Å². The van der Waals surface area contributed by atoms with Crippen molar-refractivity contribution in [2.24, 2.45) is 0 Å². The summed E-state index contributed by atoms with van der Waals surface area (Å²) in [7, 11) is 1.52. The molecule has 1 N–H and O–H groups in total. The number of nitrogens with zero attached hydrogens (tertiary/aromatic N) is 1. The van der Waals surface area contributed by atoms with Crippen LogP contribution in [0, 0.1) is 5.82 Å². The van der Waals surface area contributed by atoms with Crippen LogP contribution in [0.15, 0.2) is 78.4 Å². The van der Waals surface area contributed by atoms with Crippen molar-refractivity contribution in [3.63, 3.8) is 0 Å². The number of ether oxygens (including phenoxy) is 1. The van der Waals surface area contributed by atoms with E-state index in [1.807, 2.05) is 24.3 Å². The van der Waals surface area contributed by atoms with E-state index in [1.54, 1.807) is 24.3 Å². The molecule has 5 nitrogen and oxygen atoms in total. The molecule has 0 aromatic heterocycles. The predicted molar refractivity (Wildman–Crippen MR) is 129 cm³/mol. The van der Waals surface area contributed by atoms with Gasteiger partial charge < -0.3 is 9.84 Å². The number of halogens is 1. The number of carbonyl (C=O) groups is 2. The van der Waals surface area contributed by atoms with Gasteiger partial charge in [-0.25, -0.2) is 4.39 Å². The van der Waals surface area contributed by atoms with Crippen molar-refractivity contribution in [1.82, 2.24) is 0 Å². The van der Waals surface area contributed by atoms with Crippen LogP contribution in [0.25, 0.3) is 5.76 Å². The number of ketones is 1. The Morgan fingerprint density at radius 2 is 1.62 bits per heavy atom. The molecule has 1 unspecified atom stereocenters. The molecule has 4 rings (SSSR count). The number of anilines is 1. The Morgan fingerprint density at radius 1 is 0.971 bits per heavy atom. The van der Waals surface area contributed by atoms with Crippen molar-refractivity contribution in [3.8, 4) is 5.75 Å². The largest absolute Gasteiger partial charge is 0.507 e. The highest BCUT2D eigenvalue weighted by atomic mass is 19.1. The summed E-state index contributed by atoms with van der Waals surface area (Å²) in [5, 5.41) is 11.1. The number of aliphatic hydroxyl groups is 1. The van der Waals surface area contributed by atoms with Crippen molar-refractivity contribution in [1.29, 1.82) is 0 Å². The number of carbonyl (C=O) groups excluding carboxylic acids is 2. The molecule has 1 aliphatic rings. The Hall–Kier alpha value is -3.93. The molecule has 0 spiro atoms. The van der Waals surface area contributed by atoms with Gasteiger partial charge in [0.1, 0.15) is 17.3 Å². The molecule has 0 aliphatic carbocycles. The highest BCUT2D eigenvalue weighted by Crippen LogP contribution is 2.43. The van der Waals surface area contributed by atoms with Gasteiger partial charge in [0, 0.05) is 17.3 Å². The smallest absolute Gasteiger partial charge is 0.300 e. The maximum Gasteiger partial charge on any atom is 0.300 e. The third kappa shape index (κ3) is 4.19. The van der Waals surface area contributed by atoms with Gasteiger partial charge in [-0.1, -0.05) is 51.1 Å². The number of Topliss-reactive ketones (excluding diaryl/α,β-unsaturated/α-hetero) is 1. The molecule has 0 saturated carbocycles. The van der Waals surface area contributed by atoms with Gasteiger partial charge in [-0.05, 0) is 52.9 Å². The number of hydrogen-bond donors (Lipinski definition) is 1. The van der Waals surface area contributed by atoms with Gasteiger partial charge in [-0.3, -0.25) is 14.5 Å². The molecular formula is C28H26FNO4. The first-order chi connectivity index (χ1) is 16.1. The van der Waals surface area contributed by atoms with Gasteiger partial charge in [0.15, 0.2) is 0 Å². The lowest BCUT2D eigenvalue weighted by molar-refractivity contribution is -0.132. The molecule has 1 amide bonds. The summed E-state index contributed by atoms with van der Waals surface area (Å²) in [6, 6.07) is 18.8. The molecule has 0 radical (unpaired) electrons. The number of aliphatic hydroxyl groups excluding tert-OH is 1. The van der Waals surface area contributed by atoms with E-state index in [2.05, 4.69) is 20.8 Å². The molecular weight excluding hydrogens is 433 g/mol. The maximum absolute atomic E-state index is 13.5. The maximum atomic E-state index is 13.5. The standard InChI is InChI=1S/C28H26FNO4/c1-28(2,3)19-12-8-17(9-13-19)24-23(25(31)18-10-14-20(29)15-11-18)26(32)27(33)30(24)21-6-5-7-22(16-21)34-4/h5-16,24,31H,1-4H3/b25-23+. The summed E-state index contributed by atoms with van der Waals surface area (Å²) < 4.78 is 18.8. The van der Waals surface area contributed by atoms with Crippen molar-refractivity contribution in [2.75, 3.05) is 12.0 Å². The van der Waals surface area contributed by atoms with E-state index < -0.39 is 23.5 Å². The fourth-order valence-corrected chi connectivity index (χ4v) is 4.10. The van der Waals surface area contributed by atoms with Crippen LogP contribution in [0.3, 0.4) is 0 Å². The Labute approximate surface area is 198 Å². The third-order valence-corrected chi connectivity index (χ3v) is 5.99. The number of hydrogen-bond acceptors (Lipinski definition) is 4. The first kappa shape index (κ1) is 23.2. The second kappa shape index (κ2) is 8.78. The van der Waals surface area contributed by atoms with Crippen LogP contribution >= 0.6 is 0 Å². The first-order valence-corrected chi connectivity index (χ1v) is 10.9. The molecule has 1 saturated heterocycles. The molecule has 1 aliphatic heterocycles. The lowest BCUT2D eigenvalue weighted by atomic mass is 9.85. The minimum absolute atomic E-state index is 0.0528. The van der Waals surface area contributed by atoms with E-state index in [9.17, 15) is 19.1 Å². The summed E-state index contributed by atoms with van der Waals surface area (Å²) in [6.45, 7) is 6.29. The van der Waals surface area contributed by atoms with E-state index in [4.69, 9.17) is 4.74 Å². The topological polar surface area (TPSA) is 66.8 Å². The van der Waals surface area contributed by atoms with Crippen LogP contribution in [0.5, 0.6) is 5.75 Å². The van der Waals surface area contributed by atoms with Crippen molar-refractivity contribution < 1.29 is 23.8 Å². The minimum Gasteiger partial charge on any atom is -0.507 e. The Bertz CT molecular complexity index is 1270. The second-order valence-electron chi connectivity index (χ2n) is 9.25. The summed E-state index contributed by atoms with van der Waals surface area (Å²) >= 11 is 0. The highest BCUT2D eigenvalue weighted by Gasteiger charge is 2.47. The third-order valence-electron chi connectivity index (χ3n) is 5.99. The van der Waals surface area contributed by atoms with Crippen LogP contribution in [-0.2, 0) is 15.0 Å². The van der Waals surface area contributed by atoms with Crippen molar-refractivity contribution >= 4 is 23.1 Å². The fourth-order valence-electron chi connectivity index (χ4n) is 4.10. The van der Waals surface area contributed by atoms with Crippen LogP contribution in [0.2, 0.25) is 0 Å². The lowest BCUT2D eigenvalue weighted by Crippen LogP contribution is -2.29. The summed E-state index contributed by atoms with van der Waals surface area (Å²) in [5.74, 6) is -1.87. The zero-order chi connectivity index (χ0) is 24.6. The molecule has 6 heteroatoms. The molecule has 3 aromatic carbocycles. The minimum atomic E-state index is -0.869. The van der Waals surface area contributed by atoms with Crippen LogP contribution in [0.1, 0.15) is 43.5 Å². The zero-order valence-electron chi connectivity index (χ0n) is 19.5. The Kier molecular flexibility index (Phi) is 6.00. The number of methoxy groups -OCH3 is 1. The molecule has 0 bridgehead atoms. The van der Waals surface area contributed by atoms with Gasteiger partial charge in [-0.2, -0.15) is 0 Å². The van der Waals surface area contributed by atoms with Gasteiger partial charge in [0.05, 0.1) is 18.7 Å². The van der Waals surface area contributed by atoms with E-state index >= 15 is 0 Å². The molecule has 3 aromatic rings. The molecule has 34 heavy (non-hydrogen) atoms. The van der Waals surface area contributed by atoms with E-state index in [-0.39, 0.29) is 22.3 Å². The van der Waals surface area contributed by atoms with Gasteiger partial charge in [-0.15, -0.1) is 0 Å². The zero-order valence-corrected chi connectivity index (χ0v) is 19.5. The van der Waals surface area contributed by atoms with Crippen LogP contribution < -0.4 is 9.64 Å². The van der Waals surface area contributed by atoms with Gasteiger partial charge >= 0.3 is 0 Å². The van der Waals surface area contributed by atoms with E-state index in [0.29, 0.717) is 17.0 Å².